The van der Waals surface area contributed by atoms with Gasteiger partial charge in [0.05, 0.1) is 11.6 Å². The summed E-state index contributed by atoms with van der Waals surface area (Å²) in [5.74, 6) is -0.477. The minimum Gasteiger partial charge on any atom is -0.360 e. The highest BCUT2D eigenvalue weighted by Gasteiger charge is 2.09. The molecule has 5 nitrogen and oxygen atoms in total. The number of hydrogen-bond acceptors (Lipinski definition) is 4. The fourth-order valence-electron chi connectivity index (χ4n) is 2.28. The molecule has 0 spiro atoms. The summed E-state index contributed by atoms with van der Waals surface area (Å²) in [6.45, 7) is 2.15. The molecule has 130 valence electrons. The smallest absolute Gasteiger partial charge is 0.267 e. The topological polar surface area (TPSA) is 88.7 Å². The van der Waals surface area contributed by atoms with Gasteiger partial charge in [-0.1, -0.05) is 25.5 Å². The second-order valence-corrected chi connectivity index (χ2v) is 5.76. The highest BCUT2D eigenvalue weighted by Crippen LogP contribution is 2.13. The lowest BCUT2D eigenvalue weighted by atomic mass is 10.1. The highest BCUT2D eigenvalue weighted by atomic mass is 16.1. The van der Waals surface area contributed by atoms with Crippen LogP contribution < -0.4 is 10.6 Å². The molecule has 0 bridgehead atoms. The van der Waals surface area contributed by atoms with Gasteiger partial charge in [0.1, 0.15) is 11.6 Å². The van der Waals surface area contributed by atoms with Gasteiger partial charge in [0.2, 0.25) is 0 Å². The van der Waals surface area contributed by atoms with Crippen molar-refractivity contribution in [3.05, 3.63) is 71.4 Å². The Morgan fingerprint density at radius 1 is 1.04 bits per heavy atom. The number of hydrogen-bond donors (Lipinski definition) is 2. The summed E-state index contributed by atoms with van der Waals surface area (Å²) in [6, 6.07) is 18.3. The Balaban J connectivity index is 1.99. The minimum atomic E-state index is -0.477. The maximum Gasteiger partial charge on any atom is 0.267 e. The summed E-state index contributed by atoms with van der Waals surface area (Å²) in [4.78, 5) is 12.2. The zero-order valence-electron chi connectivity index (χ0n) is 14.6. The number of anilines is 2. The van der Waals surface area contributed by atoms with E-state index in [0.29, 0.717) is 16.9 Å². The van der Waals surface area contributed by atoms with E-state index in [4.69, 9.17) is 5.26 Å². The Labute approximate surface area is 153 Å². The standard InChI is InChI=1S/C21H20N4O/c1-2-3-4-16-5-11-20(12-6-16)25-21(26)18(14-23)15-24-19-9-7-17(13-22)8-10-19/h5-12,15,24H,2-4H2,1H3,(H,25,26)/b18-15-. The van der Waals surface area contributed by atoms with Crippen molar-refractivity contribution in [3.8, 4) is 12.1 Å². The van der Waals surface area contributed by atoms with Gasteiger partial charge in [0.25, 0.3) is 5.91 Å². The summed E-state index contributed by atoms with van der Waals surface area (Å²) in [6.07, 6.45) is 4.64. The van der Waals surface area contributed by atoms with Crippen LogP contribution in [0.4, 0.5) is 11.4 Å². The van der Waals surface area contributed by atoms with E-state index in [1.54, 1.807) is 24.3 Å². The number of benzene rings is 2. The normalized spacial score (nSPS) is 10.5. The molecule has 2 aromatic carbocycles. The van der Waals surface area contributed by atoms with Crippen LogP contribution in [0.3, 0.4) is 0 Å². The molecule has 5 heteroatoms. The number of rotatable bonds is 7. The van der Waals surface area contributed by atoms with E-state index in [0.717, 1.165) is 19.3 Å². The maximum atomic E-state index is 12.2. The predicted molar refractivity (Wildman–Crippen MR) is 102 cm³/mol. The maximum absolute atomic E-state index is 12.2. The van der Waals surface area contributed by atoms with Crippen molar-refractivity contribution >= 4 is 17.3 Å². The highest BCUT2D eigenvalue weighted by molar-refractivity contribution is 6.06. The van der Waals surface area contributed by atoms with Gasteiger partial charge < -0.3 is 10.6 Å². The molecule has 0 fully saturated rings. The third-order valence-electron chi connectivity index (χ3n) is 3.79. The Morgan fingerprint density at radius 2 is 1.69 bits per heavy atom. The molecule has 0 aliphatic carbocycles. The molecule has 0 aromatic heterocycles. The van der Waals surface area contributed by atoms with Crippen molar-refractivity contribution in [2.45, 2.75) is 26.2 Å². The summed E-state index contributed by atoms with van der Waals surface area (Å²) in [5.41, 5.74) is 3.06. The third kappa shape index (κ3) is 5.51. The van der Waals surface area contributed by atoms with Crippen LogP contribution in [0.5, 0.6) is 0 Å². The first-order chi connectivity index (χ1) is 12.7. The molecule has 0 unspecified atom stereocenters. The number of carbonyl (C=O) groups is 1. The number of nitrogens with zero attached hydrogens (tertiary/aromatic N) is 2. The molecule has 26 heavy (non-hydrogen) atoms. The summed E-state index contributed by atoms with van der Waals surface area (Å²) in [5, 5.41) is 23.6. The first kappa shape index (κ1) is 18.8. The molecule has 0 atom stereocenters. The van der Waals surface area contributed by atoms with Gasteiger partial charge in [-0.2, -0.15) is 10.5 Å². The predicted octanol–water partition coefficient (Wildman–Crippen LogP) is 4.36. The average molecular weight is 344 g/mol. The van der Waals surface area contributed by atoms with Crippen LogP contribution in [0, 0.1) is 22.7 Å². The van der Waals surface area contributed by atoms with Crippen LogP contribution in [-0.2, 0) is 11.2 Å². The average Bonchev–Trinajstić information content (AvgIpc) is 2.68. The van der Waals surface area contributed by atoms with E-state index in [1.165, 1.54) is 11.8 Å². The van der Waals surface area contributed by atoms with Crippen LogP contribution >= 0.6 is 0 Å². The summed E-state index contributed by atoms with van der Waals surface area (Å²) in [7, 11) is 0. The minimum absolute atomic E-state index is 0.0376. The van der Waals surface area contributed by atoms with Crippen LogP contribution in [-0.4, -0.2) is 5.91 Å². The van der Waals surface area contributed by atoms with E-state index < -0.39 is 5.91 Å². The molecular weight excluding hydrogens is 324 g/mol. The van der Waals surface area contributed by atoms with Gasteiger partial charge in [-0.25, -0.2) is 0 Å². The van der Waals surface area contributed by atoms with Gasteiger partial charge in [-0.05, 0) is 54.8 Å². The van der Waals surface area contributed by atoms with Gasteiger partial charge in [0.15, 0.2) is 0 Å². The number of aryl methyl sites for hydroxylation is 1. The molecule has 0 heterocycles. The number of nitrogens with one attached hydrogen (secondary N) is 2. The van der Waals surface area contributed by atoms with E-state index in [2.05, 4.69) is 17.6 Å². The van der Waals surface area contributed by atoms with E-state index in [-0.39, 0.29) is 5.57 Å². The summed E-state index contributed by atoms with van der Waals surface area (Å²) < 4.78 is 0. The first-order valence-electron chi connectivity index (χ1n) is 8.43. The lowest BCUT2D eigenvalue weighted by Crippen LogP contribution is -2.14. The zero-order chi connectivity index (χ0) is 18.8. The lowest BCUT2D eigenvalue weighted by molar-refractivity contribution is -0.112. The Morgan fingerprint density at radius 3 is 2.27 bits per heavy atom. The Hall–Kier alpha value is -3.57. The first-order valence-corrected chi connectivity index (χ1v) is 8.43. The van der Waals surface area contributed by atoms with Gasteiger partial charge in [0, 0.05) is 17.6 Å². The Kier molecular flexibility index (Phi) is 6.97. The van der Waals surface area contributed by atoms with Crippen molar-refractivity contribution in [2.75, 3.05) is 10.6 Å². The fraction of sp³-hybridized carbons (Fsp3) is 0.190. The van der Waals surface area contributed by atoms with Crippen molar-refractivity contribution in [1.82, 2.24) is 0 Å². The second kappa shape index (κ2) is 9.66. The molecule has 0 radical (unpaired) electrons. The lowest BCUT2D eigenvalue weighted by Gasteiger charge is -2.06. The second-order valence-electron chi connectivity index (χ2n) is 5.76. The molecule has 2 N–H and O–H groups in total. The van der Waals surface area contributed by atoms with Gasteiger partial charge in [-0.3, -0.25) is 4.79 Å². The monoisotopic (exact) mass is 344 g/mol. The van der Waals surface area contributed by atoms with E-state index in [9.17, 15) is 10.1 Å². The number of nitriles is 2. The molecule has 0 aliphatic heterocycles. The summed E-state index contributed by atoms with van der Waals surface area (Å²) >= 11 is 0. The zero-order valence-corrected chi connectivity index (χ0v) is 14.6. The molecule has 2 rings (SSSR count). The van der Waals surface area contributed by atoms with Crippen LogP contribution in [0.1, 0.15) is 30.9 Å². The van der Waals surface area contributed by atoms with Crippen molar-refractivity contribution in [3.63, 3.8) is 0 Å². The molecule has 0 saturated carbocycles. The van der Waals surface area contributed by atoms with E-state index >= 15 is 0 Å². The number of carbonyl (C=O) groups excluding carboxylic acids is 1. The number of unbranched alkanes of at least 4 members (excludes halogenated alkanes) is 1. The van der Waals surface area contributed by atoms with Crippen molar-refractivity contribution in [1.29, 1.82) is 10.5 Å². The number of amides is 1. The van der Waals surface area contributed by atoms with Crippen molar-refractivity contribution in [2.24, 2.45) is 0 Å². The molecule has 0 aliphatic rings. The molecule has 0 saturated heterocycles. The molecule has 2 aromatic rings. The quantitative estimate of drug-likeness (QED) is 0.577. The molecular formula is C21H20N4O. The van der Waals surface area contributed by atoms with Crippen molar-refractivity contribution < 1.29 is 4.79 Å². The van der Waals surface area contributed by atoms with E-state index in [1.807, 2.05) is 36.4 Å². The SMILES string of the molecule is CCCCc1ccc(NC(=O)/C(C#N)=C\Nc2ccc(C#N)cc2)cc1. The Bertz CT molecular complexity index is 853. The van der Waals surface area contributed by atoms with Crippen LogP contribution in [0.25, 0.3) is 0 Å². The van der Waals surface area contributed by atoms with Gasteiger partial charge >= 0.3 is 0 Å². The van der Waals surface area contributed by atoms with Gasteiger partial charge in [-0.15, -0.1) is 0 Å². The molecule has 1 amide bonds. The third-order valence-corrected chi connectivity index (χ3v) is 3.79. The fourth-order valence-corrected chi connectivity index (χ4v) is 2.28. The largest absolute Gasteiger partial charge is 0.360 e. The van der Waals surface area contributed by atoms with Crippen LogP contribution in [0.15, 0.2) is 60.3 Å². The van der Waals surface area contributed by atoms with Crippen LogP contribution in [0.2, 0.25) is 0 Å².